The number of amides is 1. The number of rotatable bonds is 7. The number of halogens is 1. The third-order valence-electron chi connectivity index (χ3n) is 3.45. The maximum Gasteiger partial charge on any atom is 0.271 e. The van der Waals surface area contributed by atoms with E-state index in [0.717, 1.165) is 25.8 Å². The van der Waals surface area contributed by atoms with Gasteiger partial charge in [-0.25, -0.2) is 4.98 Å². The summed E-state index contributed by atoms with van der Waals surface area (Å²) >= 11 is 6.07. The molecule has 6 heteroatoms. The molecule has 0 unspecified atom stereocenters. The van der Waals surface area contributed by atoms with Crippen molar-refractivity contribution in [3.05, 3.63) is 22.8 Å². The summed E-state index contributed by atoms with van der Waals surface area (Å²) in [6, 6.07) is 3.63. The van der Waals surface area contributed by atoms with Gasteiger partial charge in [-0.1, -0.05) is 18.5 Å². The van der Waals surface area contributed by atoms with Crippen LogP contribution in [0.15, 0.2) is 12.1 Å². The van der Waals surface area contributed by atoms with Crippen LogP contribution in [0.4, 0.5) is 5.82 Å². The zero-order valence-corrected chi connectivity index (χ0v) is 13.2. The van der Waals surface area contributed by atoms with E-state index < -0.39 is 0 Å². The van der Waals surface area contributed by atoms with Crippen LogP contribution < -0.4 is 10.6 Å². The molecule has 21 heavy (non-hydrogen) atoms. The fourth-order valence-corrected chi connectivity index (χ4v) is 2.45. The van der Waals surface area contributed by atoms with Gasteiger partial charge in [0.25, 0.3) is 5.91 Å². The Labute approximate surface area is 130 Å². The van der Waals surface area contributed by atoms with Crippen molar-refractivity contribution in [1.82, 2.24) is 10.3 Å². The largest absolute Gasteiger partial charge is 0.378 e. The normalized spacial score (nSPS) is 20.7. The van der Waals surface area contributed by atoms with E-state index in [9.17, 15) is 4.79 Å². The van der Waals surface area contributed by atoms with Crippen molar-refractivity contribution in [3.8, 4) is 0 Å². The second kappa shape index (κ2) is 7.61. The van der Waals surface area contributed by atoms with Crippen molar-refractivity contribution in [1.29, 1.82) is 0 Å². The Morgan fingerprint density at radius 2 is 2.19 bits per heavy atom. The molecule has 0 aromatic carbocycles. The van der Waals surface area contributed by atoms with Crippen LogP contribution in [0.1, 0.15) is 43.6 Å². The summed E-state index contributed by atoms with van der Waals surface area (Å²) in [7, 11) is 0. The minimum atomic E-state index is -0.222. The smallest absolute Gasteiger partial charge is 0.271 e. The Morgan fingerprint density at radius 3 is 2.86 bits per heavy atom. The summed E-state index contributed by atoms with van der Waals surface area (Å²) < 4.78 is 5.48. The highest BCUT2D eigenvalue weighted by Crippen LogP contribution is 2.24. The van der Waals surface area contributed by atoms with Gasteiger partial charge in [0.05, 0.1) is 11.1 Å². The number of carbonyl (C=O) groups excluding carboxylic acids is 1. The van der Waals surface area contributed by atoms with Gasteiger partial charge in [0.15, 0.2) is 0 Å². The Bertz CT molecular complexity index is 490. The highest BCUT2D eigenvalue weighted by atomic mass is 35.5. The second-order valence-corrected chi connectivity index (χ2v) is 5.58. The van der Waals surface area contributed by atoms with E-state index in [4.69, 9.17) is 16.3 Å². The Morgan fingerprint density at radius 1 is 1.43 bits per heavy atom. The number of anilines is 1. The molecule has 5 nitrogen and oxygen atoms in total. The first-order chi connectivity index (χ1) is 10.1. The zero-order chi connectivity index (χ0) is 15.2. The van der Waals surface area contributed by atoms with Crippen molar-refractivity contribution in [2.45, 2.75) is 45.3 Å². The Balaban J connectivity index is 1.92. The molecule has 116 valence electrons. The van der Waals surface area contributed by atoms with Gasteiger partial charge in [-0.2, -0.15) is 0 Å². The topological polar surface area (TPSA) is 63.2 Å². The predicted octanol–water partition coefficient (Wildman–Crippen LogP) is 2.85. The fraction of sp³-hybridized carbons (Fsp3) is 0.600. The van der Waals surface area contributed by atoms with Crippen LogP contribution in [0.3, 0.4) is 0 Å². The first kappa shape index (κ1) is 16.0. The third-order valence-corrected chi connectivity index (χ3v) is 3.75. The molecular formula is C15H22ClN3O2. The molecule has 1 aliphatic rings. The molecule has 1 amide bonds. The second-order valence-electron chi connectivity index (χ2n) is 5.17. The van der Waals surface area contributed by atoms with Crippen LogP contribution in [0, 0.1) is 0 Å². The maximum atomic E-state index is 12.2. The van der Waals surface area contributed by atoms with Gasteiger partial charge in [0, 0.05) is 19.2 Å². The van der Waals surface area contributed by atoms with Gasteiger partial charge in [-0.05, 0) is 38.3 Å². The van der Waals surface area contributed by atoms with E-state index in [2.05, 4.69) is 22.5 Å². The van der Waals surface area contributed by atoms with E-state index in [-0.39, 0.29) is 23.7 Å². The van der Waals surface area contributed by atoms with E-state index >= 15 is 0 Å². The van der Waals surface area contributed by atoms with Crippen LogP contribution in [0.5, 0.6) is 0 Å². The van der Waals surface area contributed by atoms with Crippen molar-refractivity contribution in [3.63, 3.8) is 0 Å². The molecule has 2 rings (SSSR count). The summed E-state index contributed by atoms with van der Waals surface area (Å²) in [5.74, 6) is 0.451. The number of aromatic nitrogens is 1. The fourth-order valence-electron chi connectivity index (χ4n) is 2.26. The number of pyridine rings is 1. The van der Waals surface area contributed by atoms with Crippen LogP contribution >= 0.6 is 11.6 Å². The number of hydrogen-bond donors (Lipinski definition) is 2. The molecule has 1 aliphatic carbocycles. The van der Waals surface area contributed by atoms with Crippen LogP contribution in [0.25, 0.3) is 0 Å². The van der Waals surface area contributed by atoms with E-state index in [0.29, 0.717) is 17.4 Å². The molecule has 0 atom stereocenters. The lowest BCUT2D eigenvalue weighted by Gasteiger charge is -2.35. The Kier molecular flexibility index (Phi) is 5.82. The number of nitrogens with zero attached hydrogens (tertiary/aromatic N) is 1. The number of nitrogens with one attached hydrogen (secondary N) is 2. The molecule has 1 heterocycles. The molecule has 2 N–H and O–H groups in total. The lowest BCUT2D eigenvalue weighted by Crippen LogP contribution is -2.48. The molecule has 0 bridgehead atoms. The van der Waals surface area contributed by atoms with E-state index in [1.54, 1.807) is 12.1 Å². The molecule has 1 aromatic heterocycles. The molecular weight excluding hydrogens is 290 g/mol. The third kappa shape index (κ3) is 4.32. The van der Waals surface area contributed by atoms with Crippen LogP contribution in [0.2, 0.25) is 5.02 Å². The average molecular weight is 312 g/mol. The summed E-state index contributed by atoms with van der Waals surface area (Å²) in [5.41, 5.74) is 0.276. The minimum absolute atomic E-state index is 0.152. The minimum Gasteiger partial charge on any atom is -0.378 e. The predicted molar refractivity (Wildman–Crippen MR) is 83.9 cm³/mol. The molecule has 0 saturated heterocycles. The van der Waals surface area contributed by atoms with Gasteiger partial charge in [-0.3, -0.25) is 4.79 Å². The number of carbonyl (C=O) groups is 1. The first-order valence-electron chi connectivity index (χ1n) is 7.46. The summed E-state index contributed by atoms with van der Waals surface area (Å²) in [6.45, 7) is 5.57. The van der Waals surface area contributed by atoms with Gasteiger partial charge in [-0.15, -0.1) is 0 Å². The highest BCUT2D eigenvalue weighted by Gasteiger charge is 2.31. The molecule has 0 aliphatic heterocycles. The van der Waals surface area contributed by atoms with Gasteiger partial charge < -0.3 is 15.4 Å². The monoisotopic (exact) mass is 311 g/mol. The highest BCUT2D eigenvalue weighted by molar-refractivity contribution is 6.33. The molecule has 1 aromatic rings. The number of ether oxygens (including phenoxy) is 1. The van der Waals surface area contributed by atoms with Crippen molar-refractivity contribution < 1.29 is 9.53 Å². The summed E-state index contributed by atoms with van der Waals surface area (Å²) in [6.07, 6.45) is 2.96. The van der Waals surface area contributed by atoms with Crippen molar-refractivity contribution >= 4 is 23.3 Å². The van der Waals surface area contributed by atoms with E-state index in [1.165, 1.54) is 0 Å². The van der Waals surface area contributed by atoms with Gasteiger partial charge in [0.1, 0.15) is 11.5 Å². The van der Waals surface area contributed by atoms with Crippen LogP contribution in [-0.4, -0.2) is 36.2 Å². The standard InChI is InChI=1S/C15H22ClN3O2/c1-3-7-17-13-6-5-12(16)14(19-13)15(20)18-10-8-11(9-10)21-4-2/h5-6,10-11H,3-4,7-9H2,1-2H3,(H,17,19)(H,18,20). The molecule has 1 saturated carbocycles. The SMILES string of the molecule is CCCNc1ccc(Cl)c(C(=O)NC2CC(OCC)C2)n1. The van der Waals surface area contributed by atoms with E-state index in [1.807, 2.05) is 6.92 Å². The lowest BCUT2D eigenvalue weighted by molar-refractivity contribution is -0.00866. The van der Waals surface area contributed by atoms with Gasteiger partial charge in [0.2, 0.25) is 0 Å². The summed E-state index contributed by atoms with van der Waals surface area (Å²) in [5, 5.41) is 6.47. The average Bonchev–Trinajstić information content (AvgIpc) is 2.44. The zero-order valence-electron chi connectivity index (χ0n) is 12.5. The maximum absolute atomic E-state index is 12.2. The lowest BCUT2D eigenvalue weighted by atomic mass is 9.89. The van der Waals surface area contributed by atoms with Crippen molar-refractivity contribution in [2.24, 2.45) is 0 Å². The molecule has 1 fully saturated rings. The quantitative estimate of drug-likeness (QED) is 0.813. The summed E-state index contributed by atoms with van der Waals surface area (Å²) in [4.78, 5) is 16.5. The molecule has 0 spiro atoms. The first-order valence-corrected chi connectivity index (χ1v) is 7.84. The molecule has 0 radical (unpaired) electrons. The Hall–Kier alpha value is -1.33. The number of hydrogen-bond acceptors (Lipinski definition) is 4. The van der Waals surface area contributed by atoms with Crippen LogP contribution in [-0.2, 0) is 4.74 Å². The van der Waals surface area contributed by atoms with Crippen molar-refractivity contribution in [2.75, 3.05) is 18.5 Å². The van der Waals surface area contributed by atoms with Gasteiger partial charge >= 0.3 is 0 Å².